The van der Waals surface area contributed by atoms with Crippen molar-refractivity contribution in [1.82, 2.24) is 24.9 Å². The van der Waals surface area contributed by atoms with Crippen molar-refractivity contribution in [3.8, 4) is 0 Å². The molecule has 0 aliphatic heterocycles. The second kappa shape index (κ2) is 6.21. The average Bonchev–Trinajstić information content (AvgIpc) is 3.07. The predicted octanol–water partition coefficient (Wildman–Crippen LogP) is 0.201. The van der Waals surface area contributed by atoms with Crippen LogP contribution in [0.15, 0.2) is 18.5 Å². The van der Waals surface area contributed by atoms with Crippen LogP contribution in [0.25, 0.3) is 0 Å². The molecule has 0 saturated carbocycles. The van der Waals surface area contributed by atoms with Crippen molar-refractivity contribution in [1.29, 1.82) is 0 Å². The molecule has 112 valence electrons. The van der Waals surface area contributed by atoms with Crippen molar-refractivity contribution in [2.45, 2.75) is 13.5 Å². The number of carbonyl (C=O) groups excluding carboxylic acids is 2. The van der Waals surface area contributed by atoms with Gasteiger partial charge in [-0.15, -0.1) is 0 Å². The third kappa shape index (κ3) is 3.10. The zero-order valence-corrected chi connectivity index (χ0v) is 12.2. The van der Waals surface area contributed by atoms with Crippen LogP contribution in [0.4, 0.5) is 0 Å². The smallest absolute Gasteiger partial charge is 0.341 e. The summed E-state index contributed by atoms with van der Waals surface area (Å²) in [5.41, 5.74) is 1.38. The highest BCUT2D eigenvalue weighted by molar-refractivity contribution is 5.92. The summed E-state index contributed by atoms with van der Waals surface area (Å²) in [5, 5.41) is 10.7. The van der Waals surface area contributed by atoms with Crippen LogP contribution in [0.3, 0.4) is 0 Å². The normalized spacial score (nSPS) is 10.4. The fourth-order valence-corrected chi connectivity index (χ4v) is 1.88. The lowest BCUT2D eigenvalue weighted by Crippen LogP contribution is -2.19. The number of aryl methyl sites for hydroxylation is 1. The molecule has 2 aromatic rings. The van der Waals surface area contributed by atoms with E-state index in [9.17, 15) is 9.59 Å². The average molecular weight is 291 g/mol. The second-order valence-corrected chi connectivity index (χ2v) is 4.33. The fraction of sp³-hybridized carbons (Fsp3) is 0.385. The molecule has 0 saturated heterocycles. The fourth-order valence-electron chi connectivity index (χ4n) is 1.88. The Hall–Kier alpha value is -2.64. The minimum Gasteiger partial charge on any atom is -0.462 e. The van der Waals surface area contributed by atoms with Crippen LogP contribution < -0.4 is 5.32 Å². The monoisotopic (exact) mass is 291 g/mol. The van der Waals surface area contributed by atoms with Gasteiger partial charge in [0, 0.05) is 20.3 Å². The Morgan fingerprint density at radius 3 is 2.86 bits per heavy atom. The highest BCUT2D eigenvalue weighted by atomic mass is 16.5. The van der Waals surface area contributed by atoms with E-state index in [0.29, 0.717) is 30.1 Å². The molecule has 0 spiro atoms. The van der Waals surface area contributed by atoms with Gasteiger partial charge in [0.1, 0.15) is 11.3 Å². The first-order valence-electron chi connectivity index (χ1n) is 6.50. The molecule has 2 heterocycles. The molecule has 1 N–H and O–H groups in total. The van der Waals surface area contributed by atoms with Gasteiger partial charge in [-0.05, 0) is 13.0 Å². The lowest BCUT2D eigenvalue weighted by molar-refractivity contribution is 0.0524. The van der Waals surface area contributed by atoms with Gasteiger partial charge in [-0.25, -0.2) is 4.79 Å². The summed E-state index contributed by atoms with van der Waals surface area (Å²) in [5.74, 6) is -0.677. The summed E-state index contributed by atoms with van der Waals surface area (Å²) >= 11 is 0. The van der Waals surface area contributed by atoms with Crippen LogP contribution in [0.2, 0.25) is 0 Å². The van der Waals surface area contributed by atoms with Crippen LogP contribution in [0.5, 0.6) is 0 Å². The molecular weight excluding hydrogens is 274 g/mol. The Morgan fingerprint density at radius 2 is 2.19 bits per heavy atom. The highest BCUT2D eigenvalue weighted by Gasteiger charge is 2.18. The molecule has 1 amide bonds. The number of nitrogens with one attached hydrogen (secondary N) is 1. The maximum absolute atomic E-state index is 11.9. The first-order valence-corrected chi connectivity index (χ1v) is 6.50. The summed E-state index contributed by atoms with van der Waals surface area (Å²) in [6, 6.07) is 1.61. The van der Waals surface area contributed by atoms with Crippen LogP contribution in [0, 0.1) is 0 Å². The van der Waals surface area contributed by atoms with E-state index in [0.717, 1.165) is 0 Å². The van der Waals surface area contributed by atoms with E-state index in [2.05, 4.69) is 15.5 Å². The molecule has 8 nitrogen and oxygen atoms in total. The molecular formula is C13H17N5O3. The largest absolute Gasteiger partial charge is 0.462 e. The molecule has 0 aliphatic rings. The van der Waals surface area contributed by atoms with Crippen molar-refractivity contribution < 1.29 is 14.3 Å². The van der Waals surface area contributed by atoms with Crippen molar-refractivity contribution >= 4 is 11.9 Å². The lowest BCUT2D eigenvalue weighted by Gasteiger charge is -2.06. The van der Waals surface area contributed by atoms with Gasteiger partial charge >= 0.3 is 5.97 Å². The molecule has 2 rings (SSSR count). The molecule has 0 aromatic carbocycles. The zero-order valence-electron chi connectivity index (χ0n) is 12.2. The number of nitrogens with zero attached hydrogens (tertiary/aromatic N) is 4. The maximum Gasteiger partial charge on any atom is 0.341 e. The number of carbonyl (C=O) groups is 2. The third-order valence-electron chi connectivity index (χ3n) is 2.97. The van der Waals surface area contributed by atoms with E-state index >= 15 is 0 Å². The first-order chi connectivity index (χ1) is 10.1. The van der Waals surface area contributed by atoms with E-state index in [1.54, 1.807) is 42.6 Å². The van der Waals surface area contributed by atoms with Crippen molar-refractivity contribution in [3.63, 3.8) is 0 Å². The van der Waals surface area contributed by atoms with Crippen LogP contribution in [-0.2, 0) is 18.3 Å². The van der Waals surface area contributed by atoms with Crippen molar-refractivity contribution in [3.05, 3.63) is 35.4 Å². The number of hydrogen-bond donors (Lipinski definition) is 1. The first kappa shape index (κ1) is 14.8. The van der Waals surface area contributed by atoms with Crippen LogP contribution in [0.1, 0.15) is 33.5 Å². The maximum atomic E-state index is 11.9. The van der Waals surface area contributed by atoms with Gasteiger partial charge in [0.25, 0.3) is 5.91 Å². The van der Waals surface area contributed by atoms with E-state index in [1.165, 1.54) is 6.20 Å². The summed E-state index contributed by atoms with van der Waals surface area (Å²) in [6.07, 6.45) is 3.14. The summed E-state index contributed by atoms with van der Waals surface area (Å²) < 4.78 is 8.16. The Labute approximate surface area is 121 Å². The summed E-state index contributed by atoms with van der Waals surface area (Å²) in [6.45, 7) is 2.37. The number of amides is 1. The van der Waals surface area contributed by atoms with Gasteiger partial charge in [-0.1, -0.05) is 0 Å². The van der Waals surface area contributed by atoms with E-state index < -0.39 is 5.97 Å². The van der Waals surface area contributed by atoms with Crippen LogP contribution in [-0.4, -0.2) is 45.1 Å². The molecule has 0 atom stereocenters. The Bertz CT molecular complexity index is 659. The molecule has 0 fully saturated rings. The minimum absolute atomic E-state index is 0.260. The third-order valence-corrected chi connectivity index (χ3v) is 2.97. The molecule has 0 unspecified atom stereocenters. The Balaban J connectivity index is 2.23. The molecule has 0 aliphatic carbocycles. The van der Waals surface area contributed by atoms with E-state index in [1.807, 2.05) is 0 Å². The van der Waals surface area contributed by atoms with Gasteiger partial charge in [0.2, 0.25) is 0 Å². The molecule has 0 radical (unpaired) electrons. The topological polar surface area (TPSA) is 91.0 Å². The number of rotatable bonds is 5. The second-order valence-electron chi connectivity index (χ2n) is 4.33. The minimum atomic E-state index is -0.417. The number of hydrogen-bond acceptors (Lipinski definition) is 5. The quantitative estimate of drug-likeness (QED) is 0.795. The number of ether oxygens (including phenoxy) is 1. The number of esters is 1. The van der Waals surface area contributed by atoms with Gasteiger partial charge < -0.3 is 10.1 Å². The van der Waals surface area contributed by atoms with Crippen molar-refractivity contribution in [2.75, 3.05) is 13.7 Å². The Kier molecular flexibility index (Phi) is 4.36. The lowest BCUT2D eigenvalue weighted by atomic mass is 10.2. The molecule has 0 bridgehead atoms. The summed E-state index contributed by atoms with van der Waals surface area (Å²) in [4.78, 5) is 23.3. The predicted molar refractivity (Wildman–Crippen MR) is 73.9 cm³/mol. The van der Waals surface area contributed by atoms with Gasteiger partial charge in [-0.2, -0.15) is 10.2 Å². The molecule has 8 heteroatoms. The van der Waals surface area contributed by atoms with Crippen LogP contribution >= 0.6 is 0 Å². The molecule has 21 heavy (non-hydrogen) atoms. The van der Waals surface area contributed by atoms with Gasteiger partial charge in [0.05, 0.1) is 25.0 Å². The highest BCUT2D eigenvalue weighted by Crippen LogP contribution is 2.11. The summed E-state index contributed by atoms with van der Waals surface area (Å²) in [7, 11) is 3.28. The van der Waals surface area contributed by atoms with E-state index in [-0.39, 0.29) is 5.91 Å². The van der Waals surface area contributed by atoms with Crippen molar-refractivity contribution in [2.24, 2.45) is 7.05 Å². The number of aromatic nitrogens is 4. The van der Waals surface area contributed by atoms with Gasteiger partial charge in [-0.3, -0.25) is 14.2 Å². The molecule has 2 aromatic heterocycles. The van der Waals surface area contributed by atoms with E-state index in [4.69, 9.17) is 4.74 Å². The zero-order chi connectivity index (χ0) is 15.4. The standard InChI is InChI=1S/C13H17N5O3/c1-4-21-13(20)9-7-15-17(3)11(9)8-18-6-5-10(16-18)12(19)14-2/h5-7H,4,8H2,1-3H3,(H,14,19). The SMILES string of the molecule is CCOC(=O)c1cnn(C)c1Cn1ccc(C(=O)NC)n1. The van der Waals surface area contributed by atoms with Gasteiger partial charge in [0.15, 0.2) is 0 Å². The Morgan fingerprint density at radius 1 is 1.43 bits per heavy atom.